The summed E-state index contributed by atoms with van der Waals surface area (Å²) in [5.41, 5.74) is 0.610. The molecule has 1 aliphatic heterocycles. The Kier molecular flexibility index (Phi) is 4.39. The standard InChI is InChI=1S/C14H19NO4/c1-14(18-9-10-19-14)7-8-15-13(16)11-3-5-12(17-2)6-4-11/h3-6H,7-10H2,1-2H3,(H,15,16). The summed E-state index contributed by atoms with van der Waals surface area (Å²) in [6, 6.07) is 7.00. The highest BCUT2D eigenvalue weighted by Gasteiger charge is 2.30. The van der Waals surface area contributed by atoms with Crippen LogP contribution in [-0.4, -0.2) is 38.6 Å². The van der Waals surface area contributed by atoms with E-state index in [0.29, 0.717) is 31.7 Å². The molecule has 104 valence electrons. The quantitative estimate of drug-likeness (QED) is 0.878. The first kappa shape index (κ1) is 13.8. The maximum absolute atomic E-state index is 11.9. The van der Waals surface area contributed by atoms with Crippen LogP contribution in [0.25, 0.3) is 0 Å². The van der Waals surface area contributed by atoms with E-state index in [-0.39, 0.29) is 5.91 Å². The van der Waals surface area contributed by atoms with Crippen molar-refractivity contribution in [2.45, 2.75) is 19.1 Å². The van der Waals surface area contributed by atoms with Crippen LogP contribution in [-0.2, 0) is 9.47 Å². The second kappa shape index (κ2) is 6.04. The average molecular weight is 265 g/mol. The Hall–Kier alpha value is -1.59. The molecular formula is C14H19NO4. The number of hydrogen-bond donors (Lipinski definition) is 1. The third-order valence-corrected chi connectivity index (χ3v) is 3.11. The van der Waals surface area contributed by atoms with E-state index in [1.54, 1.807) is 31.4 Å². The lowest BCUT2D eigenvalue weighted by Crippen LogP contribution is -2.33. The number of carbonyl (C=O) groups is 1. The summed E-state index contributed by atoms with van der Waals surface area (Å²) < 4.78 is 16.0. The molecule has 1 saturated heterocycles. The second-order valence-electron chi connectivity index (χ2n) is 4.57. The molecule has 1 fully saturated rings. The van der Waals surface area contributed by atoms with Gasteiger partial charge in [0.1, 0.15) is 5.75 Å². The van der Waals surface area contributed by atoms with Crippen molar-refractivity contribution < 1.29 is 19.0 Å². The number of amides is 1. The summed E-state index contributed by atoms with van der Waals surface area (Å²) in [4.78, 5) is 11.9. The summed E-state index contributed by atoms with van der Waals surface area (Å²) in [6.07, 6.45) is 0.634. The van der Waals surface area contributed by atoms with Gasteiger partial charge >= 0.3 is 0 Å². The van der Waals surface area contributed by atoms with Crippen LogP contribution in [0.2, 0.25) is 0 Å². The Balaban J connectivity index is 1.80. The van der Waals surface area contributed by atoms with Crippen molar-refractivity contribution in [2.24, 2.45) is 0 Å². The number of rotatable bonds is 5. The van der Waals surface area contributed by atoms with E-state index in [4.69, 9.17) is 14.2 Å². The molecule has 0 atom stereocenters. The zero-order chi connectivity index (χ0) is 13.7. The first-order valence-corrected chi connectivity index (χ1v) is 6.33. The van der Waals surface area contributed by atoms with E-state index in [1.807, 2.05) is 6.92 Å². The zero-order valence-corrected chi connectivity index (χ0v) is 11.3. The SMILES string of the molecule is COc1ccc(C(=O)NCCC2(C)OCCO2)cc1. The Labute approximate surface area is 112 Å². The zero-order valence-electron chi connectivity index (χ0n) is 11.3. The van der Waals surface area contributed by atoms with Crippen molar-refractivity contribution in [2.75, 3.05) is 26.9 Å². The van der Waals surface area contributed by atoms with Gasteiger partial charge in [-0.15, -0.1) is 0 Å². The van der Waals surface area contributed by atoms with Crippen LogP contribution >= 0.6 is 0 Å². The molecule has 1 N–H and O–H groups in total. The lowest BCUT2D eigenvalue weighted by molar-refractivity contribution is -0.145. The molecule has 0 aromatic heterocycles. The van der Waals surface area contributed by atoms with E-state index in [1.165, 1.54) is 0 Å². The summed E-state index contributed by atoms with van der Waals surface area (Å²) in [5.74, 6) is 0.0637. The number of hydrogen-bond acceptors (Lipinski definition) is 4. The minimum Gasteiger partial charge on any atom is -0.497 e. The highest BCUT2D eigenvalue weighted by Crippen LogP contribution is 2.21. The lowest BCUT2D eigenvalue weighted by Gasteiger charge is -2.22. The van der Waals surface area contributed by atoms with Crippen molar-refractivity contribution in [3.05, 3.63) is 29.8 Å². The molecule has 0 spiro atoms. The summed E-state index contributed by atoms with van der Waals surface area (Å²) in [7, 11) is 1.59. The fourth-order valence-corrected chi connectivity index (χ4v) is 1.95. The fraction of sp³-hybridized carbons (Fsp3) is 0.500. The number of nitrogens with one attached hydrogen (secondary N) is 1. The maximum atomic E-state index is 11.9. The molecule has 1 heterocycles. The van der Waals surface area contributed by atoms with Crippen LogP contribution in [0.1, 0.15) is 23.7 Å². The summed E-state index contributed by atoms with van der Waals surface area (Å²) >= 11 is 0. The maximum Gasteiger partial charge on any atom is 0.251 e. The van der Waals surface area contributed by atoms with E-state index >= 15 is 0 Å². The van der Waals surface area contributed by atoms with Gasteiger partial charge in [-0.05, 0) is 31.2 Å². The number of ether oxygens (including phenoxy) is 3. The Morgan fingerprint density at radius 3 is 2.53 bits per heavy atom. The largest absolute Gasteiger partial charge is 0.497 e. The number of carbonyl (C=O) groups excluding carboxylic acids is 1. The normalized spacial score (nSPS) is 17.2. The Morgan fingerprint density at radius 2 is 1.95 bits per heavy atom. The molecular weight excluding hydrogens is 246 g/mol. The molecule has 0 saturated carbocycles. The van der Waals surface area contributed by atoms with Crippen LogP contribution in [0.4, 0.5) is 0 Å². The van der Waals surface area contributed by atoms with Crippen LogP contribution in [0.15, 0.2) is 24.3 Å². The number of methoxy groups -OCH3 is 1. The molecule has 2 rings (SSSR count). The Bertz CT molecular complexity index is 424. The van der Waals surface area contributed by atoms with Gasteiger partial charge in [-0.1, -0.05) is 0 Å². The van der Waals surface area contributed by atoms with Gasteiger partial charge in [-0.25, -0.2) is 0 Å². The second-order valence-corrected chi connectivity index (χ2v) is 4.57. The molecule has 5 heteroatoms. The fourth-order valence-electron chi connectivity index (χ4n) is 1.95. The third-order valence-electron chi connectivity index (χ3n) is 3.11. The predicted molar refractivity (Wildman–Crippen MR) is 70.3 cm³/mol. The molecule has 19 heavy (non-hydrogen) atoms. The smallest absolute Gasteiger partial charge is 0.251 e. The lowest BCUT2D eigenvalue weighted by atomic mass is 10.2. The van der Waals surface area contributed by atoms with Gasteiger partial charge in [0, 0.05) is 18.5 Å². The Morgan fingerprint density at radius 1 is 1.32 bits per heavy atom. The van der Waals surface area contributed by atoms with Crippen LogP contribution in [0.3, 0.4) is 0 Å². The molecule has 1 aromatic rings. The van der Waals surface area contributed by atoms with Gasteiger partial charge in [-0.3, -0.25) is 4.79 Å². The monoisotopic (exact) mass is 265 g/mol. The third kappa shape index (κ3) is 3.68. The minimum absolute atomic E-state index is 0.107. The molecule has 5 nitrogen and oxygen atoms in total. The molecule has 1 aromatic carbocycles. The van der Waals surface area contributed by atoms with Gasteiger partial charge in [-0.2, -0.15) is 0 Å². The molecule has 1 amide bonds. The summed E-state index contributed by atoms with van der Waals surface area (Å²) in [6.45, 7) is 3.63. The topological polar surface area (TPSA) is 56.8 Å². The minimum atomic E-state index is -0.562. The first-order chi connectivity index (χ1) is 9.13. The molecule has 0 aliphatic carbocycles. The molecule has 0 unspecified atom stereocenters. The predicted octanol–water partition coefficient (Wildman–Crippen LogP) is 1.58. The van der Waals surface area contributed by atoms with Gasteiger partial charge in [0.05, 0.1) is 20.3 Å². The van der Waals surface area contributed by atoms with Gasteiger partial charge < -0.3 is 19.5 Å². The molecule has 1 aliphatic rings. The van der Waals surface area contributed by atoms with Gasteiger partial charge in [0.15, 0.2) is 5.79 Å². The highest BCUT2D eigenvalue weighted by molar-refractivity contribution is 5.94. The van der Waals surface area contributed by atoms with Crippen molar-refractivity contribution in [1.82, 2.24) is 5.32 Å². The van der Waals surface area contributed by atoms with Gasteiger partial charge in [0.2, 0.25) is 0 Å². The van der Waals surface area contributed by atoms with Crippen LogP contribution < -0.4 is 10.1 Å². The van der Waals surface area contributed by atoms with Crippen LogP contribution in [0, 0.1) is 0 Å². The van der Waals surface area contributed by atoms with Crippen LogP contribution in [0.5, 0.6) is 5.75 Å². The summed E-state index contributed by atoms with van der Waals surface area (Å²) in [5, 5.41) is 2.85. The van der Waals surface area contributed by atoms with E-state index < -0.39 is 5.79 Å². The van der Waals surface area contributed by atoms with Gasteiger partial charge in [0.25, 0.3) is 5.91 Å². The van der Waals surface area contributed by atoms with E-state index in [0.717, 1.165) is 5.75 Å². The first-order valence-electron chi connectivity index (χ1n) is 6.33. The van der Waals surface area contributed by atoms with Crippen molar-refractivity contribution in [1.29, 1.82) is 0 Å². The highest BCUT2D eigenvalue weighted by atomic mass is 16.7. The molecule has 0 radical (unpaired) electrons. The van der Waals surface area contributed by atoms with Crippen molar-refractivity contribution >= 4 is 5.91 Å². The van der Waals surface area contributed by atoms with E-state index in [9.17, 15) is 4.79 Å². The number of benzene rings is 1. The molecule has 0 bridgehead atoms. The van der Waals surface area contributed by atoms with Crippen molar-refractivity contribution in [3.8, 4) is 5.75 Å². The van der Waals surface area contributed by atoms with E-state index in [2.05, 4.69) is 5.32 Å². The average Bonchev–Trinajstić information content (AvgIpc) is 2.86. The van der Waals surface area contributed by atoms with Crippen molar-refractivity contribution in [3.63, 3.8) is 0 Å².